The molecular formula is C22H19NO4. The summed E-state index contributed by atoms with van der Waals surface area (Å²) < 4.78 is 5.32. The Bertz CT molecular complexity index is 893. The molecule has 5 heteroatoms. The van der Waals surface area contributed by atoms with Crippen molar-refractivity contribution in [3.8, 4) is 5.75 Å². The van der Waals surface area contributed by atoms with E-state index in [0.29, 0.717) is 28.8 Å². The lowest BCUT2D eigenvalue weighted by atomic mass is 9.81. The van der Waals surface area contributed by atoms with Crippen LogP contribution in [0.1, 0.15) is 29.6 Å². The number of esters is 1. The monoisotopic (exact) mass is 361 g/mol. The minimum absolute atomic E-state index is 0.0724. The van der Waals surface area contributed by atoms with Crippen molar-refractivity contribution in [1.29, 1.82) is 0 Å². The highest BCUT2D eigenvalue weighted by molar-refractivity contribution is 6.22. The number of anilines is 1. The lowest BCUT2D eigenvalue weighted by Gasteiger charge is -2.19. The van der Waals surface area contributed by atoms with Crippen LogP contribution < -0.4 is 9.64 Å². The van der Waals surface area contributed by atoms with Gasteiger partial charge in [0.1, 0.15) is 5.75 Å². The average Bonchev–Trinajstić information content (AvgIpc) is 3.37. The Morgan fingerprint density at radius 3 is 2.04 bits per heavy atom. The van der Waals surface area contributed by atoms with Crippen molar-refractivity contribution in [2.24, 2.45) is 23.7 Å². The number of para-hydroxylation sites is 1. The number of nitrogens with zero attached hydrogens (tertiary/aromatic N) is 1. The molecule has 2 aliphatic carbocycles. The number of benzene rings is 2. The summed E-state index contributed by atoms with van der Waals surface area (Å²) in [5.41, 5.74) is 0.914. The van der Waals surface area contributed by atoms with E-state index in [0.717, 1.165) is 19.3 Å². The molecule has 1 heterocycles. The first-order chi connectivity index (χ1) is 13.1. The third kappa shape index (κ3) is 2.49. The summed E-state index contributed by atoms with van der Waals surface area (Å²) in [7, 11) is 0. The number of amides is 2. The van der Waals surface area contributed by atoms with Gasteiger partial charge in [-0.2, -0.15) is 0 Å². The smallest absolute Gasteiger partial charge is 0.343 e. The van der Waals surface area contributed by atoms with E-state index in [-0.39, 0.29) is 23.7 Å². The number of ether oxygens (including phenoxy) is 1. The van der Waals surface area contributed by atoms with Gasteiger partial charge in [-0.05, 0) is 67.5 Å². The molecule has 2 saturated carbocycles. The second-order valence-electron chi connectivity index (χ2n) is 7.65. The number of carbonyl (C=O) groups is 3. The average molecular weight is 361 g/mol. The van der Waals surface area contributed by atoms with E-state index in [4.69, 9.17) is 4.74 Å². The predicted molar refractivity (Wildman–Crippen MR) is 98.1 cm³/mol. The van der Waals surface area contributed by atoms with Crippen molar-refractivity contribution in [3.05, 3.63) is 60.2 Å². The van der Waals surface area contributed by atoms with Crippen LogP contribution in [0.25, 0.3) is 0 Å². The van der Waals surface area contributed by atoms with Crippen LogP contribution in [-0.4, -0.2) is 17.8 Å². The molecule has 136 valence electrons. The Balaban J connectivity index is 1.36. The molecule has 2 bridgehead atoms. The second-order valence-corrected chi connectivity index (χ2v) is 7.65. The second kappa shape index (κ2) is 6.05. The third-order valence-corrected chi connectivity index (χ3v) is 6.24. The molecule has 0 unspecified atom stereocenters. The highest BCUT2D eigenvalue weighted by atomic mass is 16.5. The van der Waals surface area contributed by atoms with Crippen molar-refractivity contribution >= 4 is 23.5 Å². The Morgan fingerprint density at radius 2 is 1.44 bits per heavy atom. The first-order valence-electron chi connectivity index (χ1n) is 9.38. The van der Waals surface area contributed by atoms with Crippen LogP contribution in [-0.2, 0) is 9.59 Å². The van der Waals surface area contributed by atoms with Crippen LogP contribution in [0.5, 0.6) is 5.75 Å². The van der Waals surface area contributed by atoms with E-state index < -0.39 is 5.97 Å². The van der Waals surface area contributed by atoms with Crippen molar-refractivity contribution in [2.75, 3.05) is 4.90 Å². The maximum atomic E-state index is 12.9. The van der Waals surface area contributed by atoms with Gasteiger partial charge >= 0.3 is 5.97 Å². The Morgan fingerprint density at radius 1 is 0.852 bits per heavy atom. The predicted octanol–water partition coefficient (Wildman–Crippen LogP) is 3.44. The van der Waals surface area contributed by atoms with Crippen LogP contribution in [0.4, 0.5) is 5.69 Å². The molecule has 5 rings (SSSR count). The molecule has 2 amide bonds. The minimum atomic E-state index is -0.471. The molecule has 3 fully saturated rings. The molecule has 1 aliphatic heterocycles. The Kier molecular flexibility index (Phi) is 3.64. The fourth-order valence-electron chi connectivity index (χ4n) is 5.06. The van der Waals surface area contributed by atoms with Gasteiger partial charge in [0.2, 0.25) is 11.8 Å². The number of hydrogen-bond acceptors (Lipinski definition) is 4. The van der Waals surface area contributed by atoms with Crippen LogP contribution in [0, 0.1) is 23.7 Å². The fraction of sp³-hybridized carbons (Fsp3) is 0.318. The Hall–Kier alpha value is -2.95. The largest absolute Gasteiger partial charge is 0.423 e. The fourth-order valence-corrected chi connectivity index (χ4v) is 5.06. The molecule has 0 N–H and O–H groups in total. The zero-order valence-electron chi connectivity index (χ0n) is 14.7. The SMILES string of the molecule is O=C(Oc1ccccc1)c1ccc(N2C(=O)[C@H]3[C@@H]4CC[C@@H](C4)[C@@H]3C2=O)cc1. The summed E-state index contributed by atoms with van der Waals surface area (Å²) in [5.74, 6) is 0.302. The van der Waals surface area contributed by atoms with Crippen LogP contribution in [0.3, 0.4) is 0 Å². The van der Waals surface area contributed by atoms with Gasteiger partial charge in [-0.15, -0.1) is 0 Å². The normalized spacial score (nSPS) is 28.5. The van der Waals surface area contributed by atoms with E-state index in [2.05, 4.69) is 0 Å². The molecule has 2 aromatic rings. The van der Waals surface area contributed by atoms with Gasteiger partial charge in [0, 0.05) is 0 Å². The number of rotatable bonds is 3. The molecule has 0 aromatic heterocycles. The van der Waals surface area contributed by atoms with Crippen molar-refractivity contribution in [2.45, 2.75) is 19.3 Å². The first kappa shape index (κ1) is 16.2. The van der Waals surface area contributed by atoms with Gasteiger partial charge in [-0.1, -0.05) is 18.2 Å². The Labute approximate surface area is 156 Å². The van der Waals surface area contributed by atoms with Crippen molar-refractivity contribution in [1.82, 2.24) is 0 Å². The number of imide groups is 1. The molecule has 4 atom stereocenters. The van der Waals surface area contributed by atoms with Gasteiger partial charge in [0.05, 0.1) is 23.1 Å². The zero-order chi connectivity index (χ0) is 18.5. The summed E-state index contributed by atoms with van der Waals surface area (Å²) >= 11 is 0. The summed E-state index contributed by atoms with van der Waals surface area (Å²) in [6.07, 6.45) is 3.14. The van der Waals surface area contributed by atoms with E-state index in [1.165, 1.54) is 4.90 Å². The van der Waals surface area contributed by atoms with Crippen LogP contribution in [0.15, 0.2) is 54.6 Å². The molecule has 5 nitrogen and oxygen atoms in total. The third-order valence-electron chi connectivity index (χ3n) is 6.24. The van der Waals surface area contributed by atoms with Gasteiger partial charge in [-0.3, -0.25) is 14.5 Å². The summed E-state index contributed by atoms with van der Waals surface area (Å²) in [4.78, 5) is 39.3. The quantitative estimate of drug-likeness (QED) is 0.477. The molecule has 0 radical (unpaired) electrons. The standard InChI is InChI=1S/C22H19NO4/c24-20-18-14-6-7-15(12-14)19(18)21(25)23(20)16-10-8-13(9-11-16)22(26)27-17-4-2-1-3-5-17/h1-5,8-11,14-15,18-19H,6-7,12H2/t14-,15+,18-,19-/m0/s1. The molecule has 2 aromatic carbocycles. The molecule has 1 saturated heterocycles. The number of fused-ring (bicyclic) bond motifs is 5. The topological polar surface area (TPSA) is 63.7 Å². The molecular weight excluding hydrogens is 342 g/mol. The summed E-state index contributed by atoms with van der Waals surface area (Å²) in [6.45, 7) is 0. The summed E-state index contributed by atoms with van der Waals surface area (Å²) in [6, 6.07) is 15.4. The van der Waals surface area contributed by atoms with Gasteiger partial charge in [0.15, 0.2) is 0 Å². The maximum absolute atomic E-state index is 12.9. The van der Waals surface area contributed by atoms with Crippen LogP contribution in [0.2, 0.25) is 0 Å². The highest BCUT2D eigenvalue weighted by Gasteiger charge is 2.61. The molecule has 3 aliphatic rings. The first-order valence-corrected chi connectivity index (χ1v) is 9.38. The molecule has 0 spiro atoms. The summed E-state index contributed by atoms with van der Waals surface area (Å²) in [5, 5.41) is 0. The zero-order valence-corrected chi connectivity index (χ0v) is 14.7. The van der Waals surface area contributed by atoms with E-state index >= 15 is 0 Å². The number of carbonyl (C=O) groups excluding carboxylic acids is 3. The minimum Gasteiger partial charge on any atom is -0.423 e. The van der Waals surface area contributed by atoms with Gasteiger partial charge in [0.25, 0.3) is 0 Å². The van der Waals surface area contributed by atoms with Crippen LogP contribution >= 0.6 is 0 Å². The van der Waals surface area contributed by atoms with E-state index in [9.17, 15) is 14.4 Å². The van der Waals surface area contributed by atoms with Crippen molar-refractivity contribution in [3.63, 3.8) is 0 Å². The van der Waals surface area contributed by atoms with Gasteiger partial charge in [-0.25, -0.2) is 4.79 Å². The maximum Gasteiger partial charge on any atom is 0.343 e. The van der Waals surface area contributed by atoms with E-state index in [1.807, 2.05) is 6.07 Å². The highest BCUT2D eigenvalue weighted by Crippen LogP contribution is 2.56. The molecule has 27 heavy (non-hydrogen) atoms. The van der Waals surface area contributed by atoms with Crippen molar-refractivity contribution < 1.29 is 19.1 Å². The number of hydrogen-bond donors (Lipinski definition) is 0. The van der Waals surface area contributed by atoms with E-state index in [1.54, 1.807) is 48.5 Å². The van der Waals surface area contributed by atoms with Gasteiger partial charge < -0.3 is 4.74 Å². The lowest BCUT2D eigenvalue weighted by Crippen LogP contribution is -2.32. The lowest BCUT2D eigenvalue weighted by molar-refractivity contribution is -0.123.